The first-order valence-corrected chi connectivity index (χ1v) is 10.4. The van der Waals surface area contributed by atoms with Gasteiger partial charge >= 0.3 is 0 Å². The highest BCUT2D eigenvalue weighted by molar-refractivity contribution is 7.80. The van der Waals surface area contributed by atoms with Gasteiger partial charge in [-0.05, 0) is 49.8 Å². The summed E-state index contributed by atoms with van der Waals surface area (Å²) in [5.74, 6) is 1.80. The Morgan fingerprint density at radius 3 is 2.68 bits per heavy atom. The molecule has 7 heteroatoms. The average molecular weight is 433 g/mol. The number of nitrogens with zero attached hydrogens (tertiary/aromatic N) is 3. The van der Waals surface area contributed by atoms with E-state index in [1.54, 1.807) is 7.11 Å². The minimum atomic E-state index is -0.231. The number of allylic oxidation sites excluding steroid dienone is 1. The van der Waals surface area contributed by atoms with Crippen LogP contribution in [0.4, 0.5) is 0 Å². The molecule has 158 valence electrons. The molecule has 6 nitrogen and oxygen atoms in total. The van der Waals surface area contributed by atoms with E-state index in [9.17, 15) is 0 Å². The molecule has 1 aliphatic heterocycles. The highest BCUT2D eigenvalue weighted by Gasteiger charge is 2.33. The number of aryl methyl sites for hydroxylation is 1. The lowest BCUT2D eigenvalue weighted by atomic mass is 9.94. The zero-order valence-electron chi connectivity index (χ0n) is 17.8. The van der Waals surface area contributed by atoms with Crippen molar-refractivity contribution in [3.8, 4) is 17.1 Å². The summed E-state index contributed by atoms with van der Waals surface area (Å²) in [6, 6.07) is 15.7. The van der Waals surface area contributed by atoms with Crippen LogP contribution in [0.3, 0.4) is 0 Å². The number of ether oxygens (including phenoxy) is 1. The fraction of sp³-hybridized carbons (Fsp3) is 0.208. The summed E-state index contributed by atoms with van der Waals surface area (Å²) >= 11 is 5.64. The lowest BCUT2D eigenvalue weighted by Crippen LogP contribution is -2.45. The Bertz CT molecular complexity index is 1150. The van der Waals surface area contributed by atoms with E-state index in [4.69, 9.17) is 26.5 Å². The number of hydrogen-bond donors (Lipinski definition) is 1. The number of nitrogens with one attached hydrogen (secondary N) is 1. The van der Waals surface area contributed by atoms with Crippen molar-refractivity contribution in [2.45, 2.75) is 19.9 Å². The zero-order valence-corrected chi connectivity index (χ0v) is 18.6. The molecule has 0 amide bonds. The number of rotatable bonds is 6. The number of aromatic nitrogens is 2. The summed E-state index contributed by atoms with van der Waals surface area (Å²) < 4.78 is 11.1. The van der Waals surface area contributed by atoms with Crippen molar-refractivity contribution in [2.24, 2.45) is 0 Å². The van der Waals surface area contributed by atoms with Crippen LogP contribution >= 0.6 is 12.2 Å². The van der Waals surface area contributed by atoms with Crippen LogP contribution in [0.25, 0.3) is 17.0 Å². The van der Waals surface area contributed by atoms with Crippen LogP contribution < -0.4 is 10.1 Å². The van der Waals surface area contributed by atoms with E-state index >= 15 is 0 Å². The molecule has 3 aromatic rings. The second kappa shape index (κ2) is 8.73. The number of methoxy groups -OCH3 is 1. The second-order valence-corrected chi connectivity index (χ2v) is 7.73. The van der Waals surface area contributed by atoms with Crippen molar-refractivity contribution >= 4 is 22.9 Å². The summed E-state index contributed by atoms with van der Waals surface area (Å²) in [4.78, 5) is 6.71. The molecule has 31 heavy (non-hydrogen) atoms. The van der Waals surface area contributed by atoms with E-state index in [1.165, 1.54) is 0 Å². The topological polar surface area (TPSA) is 63.4 Å². The van der Waals surface area contributed by atoms with Gasteiger partial charge in [-0.15, -0.1) is 6.58 Å². The van der Waals surface area contributed by atoms with E-state index in [-0.39, 0.29) is 6.04 Å². The molecule has 0 saturated carbocycles. The molecule has 0 radical (unpaired) electrons. The standard InChI is InChI=1S/C24H24N4O2S/c1-5-13-28-16(3)20(21(25-24(28)31)17-9-11-19(29-4)12-10-17)23-26-22(27-30-23)18-8-6-7-15(2)14-18/h5-12,14,21H,1,13H2,2-4H3,(H,25,31). The Kier molecular flexibility index (Phi) is 5.86. The minimum Gasteiger partial charge on any atom is -0.497 e. The summed E-state index contributed by atoms with van der Waals surface area (Å²) in [7, 11) is 1.65. The monoisotopic (exact) mass is 432 g/mol. The Balaban J connectivity index is 1.81. The van der Waals surface area contributed by atoms with Crippen LogP contribution in [0, 0.1) is 6.92 Å². The van der Waals surface area contributed by atoms with Crippen LogP contribution in [0.2, 0.25) is 0 Å². The van der Waals surface area contributed by atoms with E-state index in [1.807, 2.05) is 73.4 Å². The molecular formula is C24H24N4O2S. The van der Waals surface area contributed by atoms with Crippen LogP contribution in [-0.4, -0.2) is 33.8 Å². The van der Waals surface area contributed by atoms with E-state index in [2.05, 4.69) is 17.1 Å². The predicted octanol–water partition coefficient (Wildman–Crippen LogP) is 4.90. The van der Waals surface area contributed by atoms with Gasteiger partial charge in [0.1, 0.15) is 5.75 Å². The van der Waals surface area contributed by atoms with Gasteiger partial charge in [0.15, 0.2) is 5.11 Å². The summed E-state index contributed by atoms with van der Waals surface area (Å²) in [5, 5.41) is 8.29. The molecule has 0 fully saturated rings. The third-order valence-electron chi connectivity index (χ3n) is 5.29. The van der Waals surface area contributed by atoms with Crippen molar-refractivity contribution in [1.82, 2.24) is 20.4 Å². The smallest absolute Gasteiger partial charge is 0.258 e. The minimum absolute atomic E-state index is 0.231. The molecule has 1 unspecified atom stereocenters. The third-order valence-corrected chi connectivity index (χ3v) is 5.63. The van der Waals surface area contributed by atoms with Crippen molar-refractivity contribution in [3.05, 3.63) is 83.9 Å². The van der Waals surface area contributed by atoms with Crippen LogP contribution in [0.1, 0.15) is 30.0 Å². The van der Waals surface area contributed by atoms with Gasteiger partial charge in [-0.25, -0.2) is 0 Å². The maximum Gasteiger partial charge on any atom is 0.258 e. The number of benzene rings is 2. The van der Waals surface area contributed by atoms with Crippen molar-refractivity contribution in [2.75, 3.05) is 13.7 Å². The Hall–Kier alpha value is -3.45. The molecule has 4 rings (SSSR count). The Labute approximate surface area is 187 Å². The first-order valence-electron chi connectivity index (χ1n) is 9.96. The molecule has 2 aromatic carbocycles. The largest absolute Gasteiger partial charge is 0.497 e. The maximum absolute atomic E-state index is 5.75. The quantitative estimate of drug-likeness (QED) is 0.439. The maximum atomic E-state index is 5.75. The first-order chi connectivity index (χ1) is 15.0. The molecule has 1 N–H and O–H groups in total. The van der Waals surface area contributed by atoms with Gasteiger partial charge in [0, 0.05) is 17.8 Å². The molecule has 1 aliphatic rings. The SMILES string of the molecule is C=CCN1C(=S)NC(c2ccc(OC)cc2)C(c2nc(-c3cccc(C)c3)no2)=C1C. The van der Waals surface area contributed by atoms with Crippen LogP contribution in [0.15, 0.2) is 71.4 Å². The van der Waals surface area contributed by atoms with Crippen molar-refractivity contribution in [3.63, 3.8) is 0 Å². The average Bonchev–Trinajstić information content (AvgIpc) is 3.26. The summed E-state index contributed by atoms with van der Waals surface area (Å²) in [5.41, 5.74) is 4.90. The van der Waals surface area contributed by atoms with Gasteiger partial charge in [-0.2, -0.15) is 4.98 Å². The van der Waals surface area contributed by atoms with Gasteiger partial charge in [-0.1, -0.05) is 47.1 Å². The molecule has 0 spiro atoms. The van der Waals surface area contributed by atoms with E-state index in [0.29, 0.717) is 23.4 Å². The third kappa shape index (κ3) is 4.09. The normalized spacial score (nSPS) is 16.3. The Morgan fingerprint density at radius 1 is 1.23 bits per heavy atom. The highest BCUT2D eigenvalue weighted by atomic mass is 32.1. The molecular weight excluding hydrogens is 408 g/mol. The molecule has 1 aromatic heterocycles. The van der Waals surface area contributed by atoms with Gasteiger partial charge in [0.25, 0.3) is 5.89 Å². The molecule has 0 bridgehead atoms. The first kappa shape index (κ1) is 20.8. The summed E-state index contributed by atoms with van der Waals surface area (Å²) in [6.07, 6.45) is 1.81. The van der Waals surface area contributed by atoms with Gasteiger partial charge in [-0.3, -0.25) is 0 Å². The lowest BCUT2D eigenvalue weighted by Gasteiger charge is -2.36. The number of thiocarbonyl (C=S) groups is 1. The zero-order chi connectivity index (χ0) is 22.0. The predicted molar refractivity (Wildman–Crippen MR) is 125 cm³/mol. The van der Waals surface area contributed by atoms with Crippen molar-refractivity contribution in [1.29, 1.82) is 0 Å². The van der Waals surface area contributed by atoms with Crippen LogP contribution in [0.5, 0.6) is 5.75 Å². The van der Waals surface area contributed by atoms with Gasteiger partial charge in [0.05, 0.1) is 18.7 Å². The molecule has 0 aliphatic carbocycles. The van der Waals surface area contributed by atoms with Crippen molar-refractivity contribution < 1.29 is 9.26 Å². The van der Waals surface area contributed by atoms with Gasteiger partial charge in [0.2, 0.25) is 5.82 Å². The number of hydrogen-bond acceptors (Lipinski definition) is 5. The van der Waals surface area contributed by atoms with E-state index < -0.39 is 0 Å². The Morgan fingerprint density at radius 2 is 2.00 bits per heavy atom. The molecule has 2 heterocycles. The fourth-order valence-corrected chi connectivity index (χ4v) is 4.02. The van der Waals surface area contributed by atoms with Gasteiger partial charge < -0.3 is 19.5 Å². The molecule has 1 atom stereocenters. The fourth-order valence-electron chi connectivity index (χ4n) is 3.69. The molecule has 0 saturated heterocycles. The second-order valence-electron chi connectivity index (χ2n) is 7.35. The van der Waals surface area contributed by atoms with E-state index in [0.717, 1.165) is 33.7 Å². The lowest BCUT2D eigenvalue weighted by molar-refractivity contribution is 0.399. The summed E-state index contributed by atoms with van der Waals surface area (Å²) in [6.45, 7) is 8.48. The van der Waals surface area contributed by atoms with Crippen LogP contribution in [-0.2, 0) is 0 Å². The highest BCUT2D eigenvalue weighted by Crippen LogP contribution is 2.37.